The zero-order chi connectivity index (χ0) is 24.9. The number of aromatic nitrogens is 2. The largest absolute Gasteiger partial charge is 0.340 e. The lowest BCUT2D eigenvalue weighted by atomic mass is 10.0. The number of hydrogen-bond donors (Lipinski definition) is 2. The minimum absolute atomic E-state index is 0.323. The Hall–Kier alpha value is -4.07. The van der Waals surface area contributed by atoms with Gasteiger partial charge in [-0.05, 0) is 40.6 Å². The van der Waals surface area contributed by atoms with Gasteiger partial charge in [0.05, 0.1) is 0 Å². The molecule has 0 aliphatic rings. The van der Waals surface area contributed by atoms with Crippen molar-refractivity contribution in [2.24, 2.45) is 0 Å². The predicted octanol–water partition coefficient (Wildman–Crippen LogP) is 5.99. The van der Waals surface area contributed by atoms with Crippen molar-refractivity contribution in [2.45, 2.75) is 12.5 Å². The molecule has 1 heterocycles. The zero-order valence-corrected chi connectivity index (χ0v) is 20.6. The first kappa shape index (κ1) is 23.7. The van der Waals surface area contributed by atoms with Crippen molar-refractivity contribution >= 4 is 50.7 Å². The SMILES string of the molecule is O=C(N[C@H](Cc1ccccc1)C(=O)Nc1nnc(-c2ccc(Cl)cc2)s1)c1ccc2ccccc2c1. The average Bonchev–Trinajstić information content (AvgIpc) is 3.37. The average molecular weight is 513 g/mol. The second-order valence-electron chi connectivity index (χ2n) is 8.19. The lowest BCUT2D eigenvalue weighted by Gasteiger charge is -2.18. The molecule has 0 bridgehead atoms. The summed E-state index contributed by atoms with van der Waals surface area (Å²) < 4.78 is 0. The maximum absolute atomic E-state index is 13.3. The number of hydrogen-bond acceptors (Lipinski definition) is 5. The summed E-state index contributed by atoms with van der Waals surface area (Å²) in [5.74, 6) is -0.692. The zero-order valence-electron chi connectivity index (χ0n) is 19.0. The van der Waals surface area contributed by atoms with E-state index in [-0.39, 0.29) is 11.8 Å². The normalized spacial score (nSPS) is 11.7. The van der Waals surface area contributed by atoms with Crippen LogP contribution in [0.1, 0.15) is 15.9 Å². The minimum Gasteiger partial charge on any atom is -0.340 e. The molecule has 5 aromatic rings. The number of nitrogens with one attached hydrogen (secondary N) is 2. The molecule has 4 aromatic carbocycles. The fourth-order valence-electron chi connectivity index (χ4n) is 3.81. The van der Waals surface area contributed by atoms with Gasteiger partial charge in [0.2, 0.25) is 11.0 Å². The third kappa shape index (κ3) is 5.59. The molecule has 0 saturated heterocycles. The van der Waals surface area contributed by atoms with Gasteiger partial charge < -0.3 is 5.32 Å². The van der Waals surface area contributed by atoms with Crippen LogP contribution in [0.2, 0.25) is 5.02 Å². The molecule has 6 nitrogen and oxygen atoms in total. The van der Waals surface area contributed by atoms with Crippen LogP contribution in [-0.4, -0.2) is 28.1 Å². The molecule has 0 aliphatic heterocycles. The number of anilines is 1. The minimum atomic E-state index is -0.811. The molecule has 1 aromatic heterocycles. The van der Waals surface area contributed by atoms with Crippen LogP contribution in [0.3, 0.4) is 0 Å². The highest BCUT2D eigenvalue weighted by Crippen LogP contribution is 2.27. The van der Waals surface area contributed by atoms with E-state index < -0.39 is 6.04 Å². The molecule has 1 atom stereocenters. The van der Waals surface area contributed by atoms with Crippen LogP contribution >= 0.6 is 22.9 Å². The van der Waals surface area contributed by atoms with E-state index >= 15 is 0 Å². The summed E-state index contributed by atoms with van der Waals surface area (Å²) in [6.45, 7) is 0. The second-order valence-corrected chi connectivity index (χ2v) is 9.60. The van der Waals surface area contributed by atoms with Crippen LogP contribution in [0.4, 0.5) is 5.13 Å². The Bertz CT molecular complexity index is 1520. The maximum atomic E-state index is 13.3. The third-order valence-corrected chi connectivity index (χ3v) is 6.80. The van der Waals surface area contributed by atoms with Gasteiger partial charge in [0.1, 0.15) is 11.0 Å². The van der Waals surface area contributed by atoms with Crippen molar-refractivity contribution in [1.29, 1.82) is 0 Å². The summed E-state index contributed by atoms with van der Waals surface area (Å²) in [4.78, 5) is 26.4. The van der Waals surface area contributed by atoms with Crippen molar-refractivity contribution in [2.75, 3.05) is 5.32 Å². The quantitative estimate of drug-likeness (QED) is 0.280. The first-order valence-corrected chi connectivity index (χ1v) is 12.5. The summed E-state index contributed by atoms with van der Waals surface area (Å²) in [7, 11) is 0. The molecular formula is C28H21ClN4O2S. The van der Waals surface area contributed by atoms with Crippen molar-refractivity contribution in [1.82, 2.24) is 15.5 Å². The topological polar surface area (TPSA) is 84.0 Å². The van der Waals surface area contributed by atoms with E-state index in [0.29, 0.717) is 27.1 Å². The molecule has 0 aliphatic carbocycles. The van der Waals surface area contributed by atoms with Gasteiger partial charge in [0, 0.05) is 22.6 Å². The van der Waals surface area contributed by atoms with Crippen molar-refractivity contribution in [3.63, 3.8) is 0 Å². The van der Waals surface area contributed by atoms with Crippen LogP contribution in [0.15, 0.2) is 97.1 Å². The van der Waals surface area contributed by atoms with Crippen LogP contribution in [0.5, 0.6) is 0 Å². The maximum Gasteiger partial charge on any atom is 0.251 e. The van der Waals surface area contributed by atoms with Crippen molar-refractivity contribution < 1.29 is 9.59 Å². The van der Waals surface area contributed by atoms with Crippen LogP contribution in [0, 0.1) is 0 Å². The molecule has 0 radical (unpaired) electrons. The molecule has 0 fully saturated rings. The monoisotopic (exact) mass is 512 g/mol. The van der Waals surface area contributed by atoms with Gasteiger partial charge in [-0.1, -0.05) is 95.7 Å². The van der Waals surface area contributed by atoms with Gasteiger partial charge in [-0.2, -0.15) is 0 Å². The van der Waals surface area contributed by atoms with Crippen molar-refractivity contribution in [3.05, 3.63) is 113 Å². The first-order chi connectivity index (χ1) is 17.5. The first-order valence-electron chi connectivity index (χ1n) is 11.3. The van der Waals surface area contributed by atoms with E-state index in [1.165, 1.54) is 11.3 Å². The van der Waals surface area contributed by atoms with Crippen LogP contribution < -0.4 is 10.6 Å². The number of nitrogens with zero attached hydrogens (tertiary/aromatic N) is 2. The van der Waals surface area contributed by atoms with Gasteiger partial charge in [-0.15, -0.1) is 10.2 Å². The molecule has 8 heteroatoms. The number of carbonyl (C=O) groups is 2. The molecular weight excluding hydrogens is 492 g/mol. The smallest absolute Gasteiger partial charge is 0.251 e. The van der Waals surface area contributed by atoms with Gasteiger partial charge in [0.25, 0.3) is 5.91 Å². The summed E-state index contributed by atoms with van der Waals surface area (Å²) >= 11 is 7.22. The number of benzene rings is 4. The number of rotatable bonds is 7. The van der Waals surface area contributed by atoms with E-state index in [0.717, 1.165) is 21.9 Å². The second kappa shape index (κ2) is 10.7. The van der Waals surface area contributed by atoms with Crippen LogP contribution in [0.25, 0.3) is 21.3 Å². The molecule has 178 valence electrons. The molecule has 5 rings (SSSR count). The lowest BCUT2D eigenvalue weighted by molar-refractivity contribution is -0.118. The van der Waals surface area contributed by atoms with Gasteiger partial charge in [0.15, 0.2) is 0 Å². The summed E-state index contributed by atoms with van der Waals surface area (Å²) in [5.41, 5.74) is 2.26. The summed E-state index contributed by atoms with van der Waals surface area (Å²) in [6.07, 6.45) is 0.328. The van der Waals surface area contributed by atoms with Gasteiger partial charge >= 0.3 is 0 Å². The Kier molecular flexibility index (Phi) is 7.02. The predicted molar refractivity (Wildman–Crippen MR) is 144 cm³/mol. The number of carbonyl (C=O) groups excluding carboxylic acids is 2. The Morgan fingerprint density at radius 3 is 2.33 bits per heavy atom. The van der Waals surface area contributed by atoms with Gasteiger partial charge in [-0.25, -0.2) is 0 Å². The molecule has 0 unspecified atom stereocenters. The Morgan fingerprint density at radius 2 is 1.56 bits per heavy atom. The highest BCUT2D eigenvalue weighted by atomic mass is 35.5. The number of halogens is 1. The standard InChI is InChI=1S/C28H21ClN4O2S/c29-23-14-12-20(13-15-23)27-32-33-28(36-27)31-26(35)24(16-18-6-2-1-3-7-18)30-25(34)22-11-10-19-8-4-5-9-21(19)17-22/h1-15,17,24H,16H2,(H,30,34)(H,31,33,35)/t24-/m1/s1. The van der Waals surface area contributed by atoms with E-state index in [1.54, 1.807) is 18.2 Å². The van der Waals surface area contributed by atoms with E-state index in [1.807, 2.05) is 78.9 Å². The van der Waals surface area contributed by atoms with E-state index in [2.05, 4.69) is 20.8 Å². The summed E-state index contributed by atoms with van der Waals surface area (Å²) in [5, 5.41) is 17.6. The molecule has 2 amide bonds. The molecule has 0 saturated carbocycles. The van der Waals surface area contributed by atoms with Crippen LogP contribution in [-0.2, 0) is 11.2 Å². The Labute approximate surface area is 217 Å². The molecule has 0 spiro atoms. The summed E-state index contributed by atoms with van der Waals surface area (Å²) in [6, 6.07) is 29.3. The van der Waals surface area contributed by atoms with Crippen molar-refractivity contribution in [3.8, 4) is 10.6 Å². The Balaban J connectivity index is 1.35. The van der Waals surface area contributed by atoms with Gasteiger partial charge in [-0.3, -0.25) is 14.9 Å². The fraction of sp³-hybridized carbons (Fsp3) is 0.0714. The molecule has 2 N–H and O–H groups in total. The Morgan fingerprint density at radius 1 is 0.833 bits per heavy atom. The lowest BCUT2D eigenvalue weighted by Crippen LogP contribution is -2.45. The third-order valence-electron chi connectivity index (χ3n) is 5.66. The van der Waals surface area contributed by atoms with E-state index in [4.69, 9.17) is 11.6 Å². The highest BCUT2D eigenvalue weighted by Gasteiger charge is 2.23. The fourth-order valence-corrected chi connectivity index (χ4v) is 4.68. The van der Waals surface area contributed by atoms with E-state index in [9.17, 15) is 9.59 Å². The highest BCUT2D eigenvalue weighted by molar-refractivity contribution is 7.18. The number of amides is 2. The number of fused-ring (bicyclic) bond motifs is 1. The molecule has 36 heavy (non-hydrogen) atoms.